The van der Waals surface area contributed by atoms with E-state index in [9.17, 15) is 19.2 Å². The van der Waals surface area contributed by atoms with Crippen LogP contribution >= 0.6 is 11.8 Å². The van der Waals surface area contributed by atoms with Crippen molar-refractivity contribution in [3.63, 3.8) is 0 Å². The van der Waals surface area contributed by atoms with E-state index < -0.39 is 5.91 Å². The van der Waals surface area contributed by atoms with Crippen LogP contribution in [0.25, 0.3) is 11.0 Å². The Kier molecular flexibility index (Phi) is 9.26. The molecule has 1 aliphatic rings. The average Bonchev–Trinajstić information content (AvgIpc) is 2.95. The first kappa shape index (κ1) is 28.2. The average molecular weight is 552 g/mol. The fraction of sp³-hybridized carbons (Fsp3) is 0.357. The minimum atomic E-state index is -0.621. The summed E-state index contributed by atoms with van der Waals surface area (Å²) in [5, 5.41) is 5.93. The number of carbonyl (C=O) groups excluding carboxylic acids is 3. The van der Waals surface area contributed by atoms with Gasteiger partial charge in [0.2, 0.25) is 5.91 Å². The van der Waals surface area contributed by atoms with E-state index >= 15 is 0 Å². The van der Waals surface area contributed by atoms with Gasteiger partial charge >= 0.3 is 0 Å². The minimum absolute atomic E-state index is 0.126. The first-order valence-electron chi connectivity index (χ1n) is 12.7. The number of likely N-dealkylation sites (N-methyl/N-ethyl adjacent to an activating group) is 1. The van der Waals surface area contributed by atoms with Crippen molar-refractivity contribution in [1.29, 1.82) is 0 Å². The molecule has 3 amide bonds. The molecule has 0 spiro atoms. The van der Waals surface area contributed by atoms with Gasteiger partial charge in [0.05, 0.1) is 17.5 Å². The molecule has 11 heteroatoms. The molecule has 0 aliphatic carbocycles. The molecule has 3 aromatic rings. The Morgan fingerprint density at radius 3 is 2.44 bits per heavy atom. The van der Waals surface area contributed by atoms with Crippen LogP contribution in [0.2, 0.25) is 0 Å². The molecule has 0 saturated carbocycles. The molecule has 2 heterocycles. The molecule has 39 heavy (non-hydrogen) atoms. The van der Waals surface area contributed by atoms with Crippen LogP contribution < -0.4 is 21.0 Å². The number of piperazine rings is 1. The molecule has 1 aromatic heterocycles. The predicted molar refractivity (Wildman–Crippen MR) is 153 cm³/mol. The monoisotopic (exact) mass is 551 g/mol. The lowest BCUT2D eigenvalue weighted by molar-refractivity contribution is -0.130. The molecule has 0 unspecified atom stereocenters. The second-order valence-corrected chi connectivity index (χ2v) is 10.3. The molecular formula is C28H33N5O5S. The van der Waals surface area contributed by atoms with E-state index in [2.05, 4.69) is 15.5 Å². The molecule has 1 saturated heterocycles. The topological polar surface area (TPSA) is 115 Å². The molecular weight excluding hydrogens is 518 g/mol. The number of nitrogens with zero attached hydrogens (tertiary/aromatic N) is 3. The number of hydrogen-bond acceptors (Lipinski definition) is 8. The van der Waals surface area contributed by atoms with Crippen molar-refractivity contribution in [2.24, 2.45) is 0 Å². The third-order valence-electron chi connectivity index (χ3n) is 6.52. The summed E-state index contributed by atoms with van der Waals surface area (Å²) in [5.41, 5.74) is 1.44. The highest BCUT2D eigenvalue weighted by Gasteiger charge is 2.24. The standard InChI is InChI=1S/C28H33N5O5S/c1-31(2)11-10-29-27(36)20-6-4-5-7-22(20)32-12-14-33(15-13-32)26(35)18-30-28(37)25-17-23(34)21-16-19(39-3)8-9-24(21)38-25/h4-9,16-17H,10-15,18H2,1-3H3,(H,29,36)(H,30,37). The van der Waals surface area contributed by atoms with Gasteiger partial charge < -0.3 is 29.8 Å². The van der Waals surface area contributed by atoms with Gasteiger partial charge in [-0.2, -0.15) is 0 Å². The van der Waals surface area contributed by atoms with Crippen LogP contribution in [0.5, 0.6) is 0 Å². The Hall–Kier alpha value is -3.83. The zero-order valence-corrected chi connectivity index (χ0v) is 23.2. The van der Waals surface area contributed by atoms with Crippen molar-refractivity contribution in [1.82, 2.24) is 20.4 Å². The van der Waals surface area contributed by atoms with E-state index in [-0.39, 0.29) is 29.5 Å². The molecule has 0 radical (unpaired) electrons. The quantitative estimate of drug-likeness (QED) is 0.388. The summed E-state index contributed by atoms with van der Waals surface area (Å²) >= 11 is 1.51. The summed E-state index contributed by atoms with van der Waals surface area (Å²) in [7, 11) is 3.91. The number of anilines is 1. The van der Waals surface area contributed by atoms with Crippen molar-refractivity contribution >= 4 is 46.1 Å². The number of thioether (sulfide) groups is 1. The molecule has 4 rings (SSSR count). The summed E-state index contributed by atoms with van der Waals surface area (Å²) in [6.07, 6.45) is 1.91. The lowest BCUT2D eigenvalue weighted by atomic mass is 10.1. The van der Waals surface area contributed by atoms with Crippen LogP contribution in [0.4, 0.5) is 5.69 Å². The van der Waals surface area contributed by atoms with Crippen molar-refractivity contribution < 1.29 is 18.8 Å². The third-order valence-corrected chi connectivity index (χ3v) is 7.25. The Labute approximate surface area is 231 Å². The van der Waals surface area contributed by atoms with Crippen LogP contribution in [-0.2, 0) is 4.79 Å². The zero-order valence-electron chi connectivity index (χ0n) is 22.4. The van der Waals surface area contributed by atoms with Gasteiger partial charge in [-0.3, -0.25) is 19.2 Å². The van der Waals surface area contributed by atoms with E-state index in [1.807, 2.05) is 49.5 Å². The summed E-state index contributed by atoms with van der Waals surface area (Å²) < 4.78 is 5.62. The normalized spacial score (nSPS) is 13.5. The highest BCUT2D eigenvalue weighted by Crippen LogP contribution is 2.22. The zero-order chi connectivity index (χ0) is 27.9. The van der Waals surface area contributed by atoms with Crippen LogP contribution in [0.3, 0.4) is 0 Å². The van der Waals surface area contributed by atoms with E-state index in [1.165, 1.54) is 11.8 Å². The van der Waals surface area contributed by atoms with Gasteiger partial charge in [0.15, 0.2) is 11.2 Å². The van der Waals surface area contributed by atoms with Gasteiger partial charge in [0.1, 0.15) is 5.58 Å². The fourth-order valence-corrected chi connectivity index (χ4v) is 4.80. The molecule has 10 nitrogen and oxygen atoms in total. The van der Waals surface area contributed by atoms with Crippen LogP contribution in [0, 0.1) is 0 Å². The first-order chi connectivity index (χ1) is 18.8. The summed E-state index contributed by atoms with van der Waals surface area (Å²) in [5.74, 6) is -1.12. The summed E-state index contributed by atoms with van der Waals surface area (Å²) in [4.78, 5) is 57.4. The van der Waals surface area contributed by atoms with Crippen molar-refractivity contribution in [3.05, 3.63) is 70.1 Å². The van der Waals surface area contributed by atoms with Gasteiger partial charge in [-0.1, -0.05) is 12.1 Å². The van der Waals surface area contributed by atoms with Crippen molar-refractivity contribution in [2.45, 2.75) is 4.90 Å². The Morgan fingerprint density at radius 2 is 1.72 bits per heavy atom. The number of benzene rings is 2. The Balaban J connectivity index is 1.32. The Morgan fingerprint density at radius 1 is 0.974 bits per heavy atom. The number of fused-ring (bicyclic) bond motifs is 1. The number of para-hydroxylation sites is 1. The lowest BCUT2D eigenvalue weighted by Crippen LogP contribution is -2.51. The van der Waals surface area contributed by atoms with Gasteiger partial charge in [-0.25, -0.2) is 0 Å². The van der Waals surface area contributed by atoms with Crippen molar-refractivity contribution in [3.8, 4) is 0 Å². The maximum Gasteiger partial charge on any atom is 0.287 e. The van der Waals surface area contributed by atoms with Crippen molar-refractivity contribution in [2.75, 3.05) is 71.1 Å². The fourth-order valence-electron chi connectivity index (χ4n) is 4.36. The first-order valence-corrected chi connectivity index (χ1v) is 13.9. The molecule has 2 N–H and O–H groups in total. The van der Waals surface area contributed by atoms with Gasteiger partial charge in [0.25, 0.3) is 11.8 Å². The molecule has 0 bridgehead atoms. The number of rotatable bonds is 9. The van der Waals surface area contributed by atoms with Gasteiger partial charge in [-0.05, 0) is 50.7 Å². The smallest absolute Gasteiger partial charge is 0.287 e. The Bertz CT molecular complexity index is 1410. The van der Waals surface area contributed by atoms with Crippen LogP contribution in [0.1, 0.15) is 20.9 Å². The number of amides is 3. The van der Waals surface area contributed by atoms with Gasteiger partial charge in [-0.15, -0.1) is 11.8 Å². The highest BCUT2D eigenvalue weighted by atomic mass is 32.2. The summed E-state index contributed by atoms with van der Waals surface area (Å²) in [6.45, 7) is 3.10. The van der Waals surface area contributed by atoms with E-state index in [0.717, 1.165) is 23.2 Å². The van der Waals surface area contributed by atoms with Gasteiger partial charge in [0, 0.05) is 55.9 Å². The molecule has 1 aliphatic heterocycles. The van der Waals surface area contributed by atoms with E-state index in [1.54, 1.807) is 23.1 Å². The number of nitrogens with one attached hydrogen (secondary N) is 2. The maximum atomic E-state index is 12.8. The highest BCUT2D eigenvalue weighted by molar-refractivity contribution is 7.98. The van der Waals surface area contributed by atoms with E-state index in [0.29, 0.717) is 49.3 Å². The van der Waals surface area contributed by atoms with E-state index in [4.69, 9.17) is 4.42 Å². The molecule has 0 atom stereocenters. The molecule has 206 valence electrons. The number of hydrogen-bond donors (Lipinski definition) is 2. The predicted octanol–water partition coefficient (Wildman–Crippen LogP) is 1.88. The largest absolute Gasteiger partial charge is 0.451 e. The second kappa shape index (κ2) is 12.8. The number of carbonyl (C=O) groups is 3. The molecule has 2 aromatic carbocycles. The summed E-state index contributed by atoms with van der Waals surface area (Å²) in [6, 6.07) is 13.8. The third kappa shape index (κ3) is 6.98. The van der Waals surface area contributed by atoms with Crippen LogP contribution in [0.15, 0.2) is 62.6 Å². The second-order valence-electron chi connectivity index (χ2n) is 9.46. The maximum absolute atomic E-state index is 12.8. The SMILES string of the molecule is CSc1ccc2oc(C(=O)NCC(=O)N3CCN(c4ccccc4C(=O)NCCN(C)C)CC3)cc(=O)c2c1. The lowest BCUT2D eigenvalue weighted by Gasteiger charge is -2.37. The van der Waals surface area contributed by atoms with Crippen LogP contribution in [-0.4, -0.2) is 93.7 Å². The minimum Gasteiger partial charge on any atom is -0.451 e. The molecule has 1 fully saturated rings.